The van der Waals surface area contributed by atoms with Crippen LogP contribution < -0.4 is 17.2 Å². The van der Waals surface area contributed by atoms with Gasteiger partial charge in [0, 0.05) is 12.6 Å². The van der Waals surface area contributed by atoms with Crippen LogP contribution in [0, 0.1) is 17.2 Å². The maximum absolute atomic E-state index is 14.3. The fourth-order valence-corrected chi connectivity index (χ4v) is 7.46. The molecule has 2 fully saturated rings. The first-order valence-corrected chi connectivity index (χ1v) is 16.7. The minimum atomic E-state index is -1.46. The zero-order chi connectivity index (χ0) is 32.9. The summed E-state index contributed by atoms with van der Waals surface area (Å²) in [5.41, 5.74) is 17.7. The lowest BCUT2D eigenvalue weighted by Gasteiger charge is -2.50. The van der Waals surface area contributed by atoms with Crippen LogP contribution in [0.1, 0.15) is 88.2 Å². The van der Waals surface area contributed by atoms with Gasteiger partial charge < -0.3 is 27.0 Å². The fourth-order valence-electron chi connectivity index (χ4n) is 7.46. The zero-order valence-electron chi connectivity index (χ0n) is 26.9. The van der Waals surface area contributed by atoms with Gasteiger partial charge in [0.1, 0.15) is 12.1 Å². The van der Waals surface area contributed by atoms with Gasteiger partial charge in [0.15, 0.2) is 0 Å². The second kappa shape index (κ2) is 16.9. The minimum Gasteiger partial charge on any atom is -0.479 e. The van der Waals surface area contributed by atoms with E-state index in [0.29, 0.717) is 12.8 Å². The highest BCUT2D eigenvalue weighted by atomic mass is 16.6. The third-order valence-electron chi connectivity index (χ3n) is 9.67. The van der Waals surface area contributed by atoms with E-state index in [2.05, 4.69) is 5.10 Å². The van der Waals surface area contributed by atoms with E-state index < -0.39 is 17.6 Å². The molecule has 2 aliphatic carbocycles. The number of hydrogen-bond acceptors (Lipinski definition) is 5. The summed E-state index contributed by atoms with van der Waals surface area (Å²) in [5, 5.41) is 24.8. The lowest BCUT2D eigenvalue weighted by molar-refractivity contribution is -0.160. The molecule has 2 atom stereocenters. The molecule has 0 spiro atoms. The Morgan fingerprint density at radius 2 is 1.46 bits per heavy atom. The first-order valence-electron chi connectivity index (χ1n) is 16.7. The van der Waals surface area contributed by atoms with Crippen molar-refractivity contribution in [2.45, 2.75) is 102 Å². The molecule has 11 heteroatoms. The van der Waals surface area contributed by atoms with Crippen molar-refractivity contribution in [2.24, 2.45) is 34.1 Å². The number of carbonyl (C=O) groups is 2. The molecule has 0 bridgehead atoms. The number of carboxylic acid groups (broad SMARTS) is 1. The summed E-state index contributed by atoms with van der Waals surface area (Å²) in [6, 6.07) is 19.2. The number of guanidine groups is 2. The molecule has 11 nitrogen and oxygen atoms in total. The number of amides is 1. The smallest absolute Gasteiger partial charge is 0.411 e. The van der Waals surface area contributed by atoms with Gasteiger partial charge in [-0.25, -0.2) is 14.6 Å². The maximum Gasteiger partial charge on any atom is 0.411 e. The summed E-state index contributed by atoms with van der Waals surface area (Å²) in [4.78, 5) is 29.8. The van der Waals surface area contributed by atoms with E-state index in [4.69, 9.17) is 27.3 Å². The molecular formula is C35H51N7O4. The Labute approximate surface area is 272 Å². The molecule has 0 radical (unpaired) electrons. The molecule has 2 aromatic rings. The third-order valence-corrected chi connectivity index (χ3v) is 9.67. The Morgan fingerprint density at radius 3 is 2.00 bits per heavy atom. The Bertz CT molecular complexity index is 1290. The van der Waals surface area contributed by atoms with E-state index in [1.807, 2.05) is 60.7 Å². The van der Waals surface area contributed by atoms with Crippen molar-refractivity contribution in [3.8, 4) is 0 Å². The van der Waals surface area contributed by atoms with Crippen molar-refractivity contribution >= 4 is 24.0 Å². The lowest BCUT2D eigenvalue weighted by atomic mass is 9.69. The molecular weight excluding hydrogens is 582 g/mol. The highest BCUT2D eigenvalue weighted by molar-refractivity contribution is 5.85. The van der Waals surface area contributed by atoms with Gasteiger partial charge in [-0.3, -0.25) is 10.3 Å². The predicted octanol–water partition coefficient (Wildman–Crippen LogP) is 5.38. The number of ether oxygens (including phenoxy) is 1. The number of rotatable bonds is 14. The first kappa shape index (κ1) is 34.6. The maximum atomic E-state index is 14.3. The lowest BCUT2D eigenvalue weighted by Crippen LogP contribution is -2.65. The normalized spacial score (nSPS) is 17.7. The Hall–Kier alpha value is -4.28. The summed E-state index contributed by atoms with van der Waals surface area (Å²) in [6.45, 7) is 0.288. The van der Waals surface area contributed by atoms with Crippen LogP contribution in [0.25, 0.3) is 0 Å². The van der Waals surface area contributed by atoms with Gasteiger partial charge in [0.2, 0.25) is 11.9 Å². The molecule has 2 saturated carbocycles. The molecule has 0 aliphatic heterocycles. The van der Waals surface area contributed by atoms with Crippen LogP contribution >= 0.6 is 0 Å². The van der Waals surface area contributed by atoms with Gasteiger partial charge in [-0.05, 0) is 67.9 Å². The van der Waals surface area contributed by atoms with Crippen LogP contribution in [0.4, 0.5) is 4.79 Å². The summed E-state index contributed by atoms with van der Waals surface area (Å²) < 4.78 is 5.96. The zero-order valence-corrected chi connectivity index (χ0v) is 26.9. The van der Waals surface area contributed by atoms with Crippen molar-refractivity contribution in [3.63, 3.8) is 0 Å². The van der Waals surface area contributed by atoms with E-state index in [1.165, 1.54) is 5.01 Å². The molecule has 0 aromatic heterocycles. The number of carbonyl (C=O) groups excluding carboxylic acids is 1. The van der Waals surface area contributed by atoms with E-state index in [-0.39, 0.29) is 49.4 Å². The molecule has 1 unspecified atom stereocenters. The van der Waals surface area contributed by atoms with Gasteiger partial charge in [0.25, 0.3) is 0 Å². The molecule has 4 rings (SSSR count). The van der Waals surface area contributed by atoms with E-state index >= 15 is 0 Å². The van der Waals surface area contributed by atoms with Crippen LogP contribution in [-0.2, 0) is 22.6 Å². The van der Waals surface area contributed by atoms with Gasteiger partial charge in [0.05, 0.1) is 0 Å². The Balaban J connectivity index is 1.72. The van der Waals surface area contributed by atoms with E-state index in [0.717, 1.165) is 75.3 Å². The van der Waals surface area contributed by atoms with Crippen molar-refractivity contribution in [2.75, 3.05) is 6.54 Å². The second-order valence-electron chi connectivity index (χ2n) is 12.9. The van der Waals surface area contributed by atoms with Gasteiger partial charge in [-0.1, -0.05) is 99.2 Å². The van der Waals surface area contributed by atoms with Gasteiger partial charge >= 0.3 is 12.1 Å². The molecule has 46 heavy (non-hydrogen) atoms. The molecule has 8 N–H and O–H groups in total. The van der Waals surface area contributed by atoms with Gasteiger partial charge in [-0.15, -0.1) is 5.10 Å². The Kier molecular flexibility index (Phi) is 12.7. The first-order chi connectivity index (χ1) is 22.2. The van der Waals surface area contributed by atoms with Crippen molar-refractivity contribution in [1.82, 2.24) is 9.91 Å². The average molecular weight is 634 g/mol. The molecule has 0 heterocycles. The topological polar surface area (TPSA) is 184 Å². The number of hydrazone groups is 1. The molecule has 1 amide bonds. The second-order valence-corrected chi connectivity index (χ2v) is 12.9. The highest BCUT2D eigenvalue weighted by Gasteiger charge is 2.55. The minimum absolute atomic E-state index is 0.0754. The Morgan fingerprint density at radius 1 is 0.891 bits per heavy atom. The highest BCUT2D eigenvalue weighted by Crippen LogP contribution is 2.44. The molecule has 2 aromatic carbocycles. The quantitative estimate of drug-likeness (QED) is 0.104. The summed E-state index contributed by atoms with van der Waals surface area (Å²) in [5.74, 6) is -1.90. The SMILES string of the molecule is N=C(N)N(CC(CC[C@@](C(=O)O)(C1CCCCC1)N(C(=O)OCc1ccccc1)C1CCCCC1)Cc1ccccc1)N=C(N)N. The largest absolute Gasteiger partial charge is 0.479 e. The van der Waals surface area contributed by atoms with Crippen LogP contribution in [-0.4, -0.2) is 57.1 Å². The van der Waals surface area contributed by atoms with Crippen LogP contribution in [0.5, 0.6) is 0 Å². The van der Waals surface area contributed by atoms with Crippen LogP contribution in [0.3, 0.4) is 0 Å². The van der Waals surface area contributed by atoms with Gasteiger partial charge in [-0.2, -0.15) is 0 Å². The number of aliphatic carboxylic acids is 1. The summed E-state index contributed by atoms with van der Waals surface area (Å²) in [7, 11) is 0. The van der Waals surface area contributed by atoms with Crippen LogP contribution in [0.2, 0.25) is 0 Å². The number of nitrogens with one attached hydrogen (secondary N) is 1. The predicted molar refractivity (Wildman–Crippen MR) is 180 cm³/mol. The number of carboxylic acids is 1. The van der Waals surface area contributed by atoms with Crippen molar-refractivity contribution < 1.29 is 19.4 Å². The standard InChI is InChI=1S/C35H51N7O4/c36-32(37)40-41(33(38)39)24-28(23-26-13-5-1-6-14-26)21-22-35(31(43)44,29-17-9-3-10-18-29)42(30-19-11-4-12-20-30)34(45)46-25-27-15-7-2-8-16-27/h1-2,5-8,13-16,28-30H,3-4,9-12,17-25H2,(H3,38,39)(H,43,44)(H4,36,37,40)/t28?,35-/m0/s1. The molecule has 2 aliphatic rings. The third kappa shape index (κ3) is 9.14. The summed E-state index contributed by atoms with van der Waals surface area (Å²) >= 11 is 0. The van der Waals surface area contributed by atoms with Crippen LogP contribution in [0.15, 0.2) is 65.8 Å². The summed E-state index contributed by atoms with van der Waals surface area (Å²) in [6.07, 6.45) is 9.52. The number of benzene rings is 2. The monoisotopic (exact) mass is 633 g/mol. The fraction of sp³-hybridized carbons (Fsp3) is 0.543. The average Bonchev–Trinajstić information content (AvgIpc) is 3.06. The van der Waals surface area contributed by atoms with Crippen molar-refractivity contribution in [3.05, 3.63) is 71.8 Å². The van der Waals surface area contributed by atoms with Crippen molar-refractivity contribution in [1.29, 1.82) is 5.41 Å². The molecule has 0 saturated heterocycles. The molecule has 250 valence electrons. The number of hydrogen-bond donors (Lipinski definition) is 5. The number of nitrogens with zero attached hydrogens (tertiary/aromatic N) is 3. The number of nitrogens with two attached hydrogens (primary N) is 3. The van der Waals surface area contributed by atoms with E-state index in [9.17, 15) is 14.7 Å². The van der Waals surface area contributed by atoms with E-state index in [1.54, 1.807) is 4.90 Å².